The quantitative estimate of drug-likeness (QED) is 0.827. The largest absolute Gasteiger partial charge is 0.313 e. The fourth-order valence-corrected chi connectivity index (χ4v) is 3.27. The Kier molecular flexibility index (Phi) is 5.36. The molecule has 0 radical (unpaired) electrons. The number of rotatable bonds is 7. The highest BCUT2D eigenvalue weighted by molar-refractivity contribution is 7.91. The molecule has 5 heteroatoms. The van der Waals surface area contributed by atoms with Crippen LogP contribution in [-0.2, 0) is 22.3 Å². The average molecular weight is 304 g/mol. The first-order valence-corrected chi connectivity index (χ1v) is 8.59. The summed E-state index contributed by atoms with van der Waals surface area (Å²) in [5.74, 6) is -0.0244. The van der Waals surface area contributed by atoms with Crippen molar-refractivity contribution in [2.45, 2.75) is 19.2 Å². The smallest absolute Gasteiger partial charge is 0.236 e. The Morgan fingerprint density at radius 2 is 1.62 bits per heavy atom. The lowest BCUT2D eigenvalue weighted by Gasteiger charge is -2.13. The molecule has 2 N–H and O–H groups in total. The van der Waals surface area contributed by atoms with E-state index < -0.39 is 10.0 Å². The molecule has 0 saturated heterocycles. The number of hydrogen-bond acceptors (Lipinski definition) is 3. The topological polar surface area (TPSA) is 58.2 Å². The number of sulfonamides is 1. The van der Waals surface area contributed by atoms with E-state index in [0.717, 1.165) is 17.7 Å². The lowest BCUT2D eigenvalue weighted by Crippen LogP contribution is -2.18. The SMILES string of the molecule is CCNCc1ccccc1NS(=O)(=O)Cc1ccccc1. The van der Waals surface area contributed by atoms with E-state index in [0.29, 0.717) is 12.2 Å². The summed E-state index contributed by atoms with van der Waals surface area (Å²) in [5, 5.41) is 3.21. The van der Waals surface area contributed by atoms with Crippen LogP contribution in [0.15, 0.2) is 54.6 Å². The Bertz CT molecular complexity index is 670. The summed E-state index contributed by atoms with van der Waals surface area (Å²) in [6, 6.07) is 16.6. The lowest BCUT2D eigenvalue weighted by atomic mass is 10.2. The first-order valence-electron chi connectivity index (χ1n) is 6.94. The molecule has 21 heavy (non-hydrogen) atoms. The van der Waals surface area contributed by atoms with Crippen molar-refractivity contribution in [2.24, 2.45) is 0 Å². The monoisotopic (exact) mass is 304 g/mol. The summed E-state index contributed by atoms with van der Waals surface area (Å²) in [7, 11) is -3.41. The Morgan fingerprint density at radius 1 is 0.952 bits per heavy atom. The first kappa shape index (κ1) is 15.5. The van der Waals surface area contributed by atoms with E-state index in [1.54, 1.807) is 6.07 Å². The number of para-hydroxylation sites is 1. The highest BCUT2D eigenvalue weighted by Gasteiger charge is 2.13. The minimum Gasteiger partial charge on any atom is -0.313 e. The zero-order valence-corrected chi connectivity index (χ0v) is 12.9. The van der Waals surface area contributed by atoms with Crippen molar-refractivity contribution in [2.75, 3.05) is 11.3 Å². The number of hydrogen-bond donors (Lipinski definition) is 2. The molecular formula is C16H20N2O2S. The van der Waals surface area contributed by atoms with Crippen LogP contribution in [0, 0.1) is 0 Å². The third-order valence-corrected chi connectivity index (χ3v) is 4.29. The second kappa shape index (κ2) is 7.24. The Labute approximate surface area is 126 Å². The van der Waals surface area contributed by atoms with Gasteiger partial charge in [0.15, 0.2) is 0 Å². The van der Waals surface area contributed by atoms with Gasteiger partial charge in [-0.1, -0.05) is 55.5 Å². The Morgan fingerprint density at radius 3 is 2.33 bits per heavy atom. The maximum atomic E-state index is 12.3. The van der Waals surface area contributed by atoms with Crippen LogP contribution < -0.4 is 10.0 Å². The minimum atomic E-state index is -3.41. The van der Waals surface area contributed by atoms with E-state index in [1.165, 1.54) is 0 Å². The van der Waals surface area contributed by atoms with Crippen molar-refractivity contribution in [3.8, 4) is 0 Å². The van der Waals surface area contributed by atoms with Crippen molar-refractivity contribution in [3.63, 3.8) is 0 Å². The molecule has 0 unspecified atom stereocenters. The van der Waals surface area contributed by atoms with E-state index >= 15 is 0 Å². The lowest BCUT2D eigenvalue weighted by molar-refractivity contribution is 0.600. The van der Waals surface area contributed by atoms with Crippen LogP contribution in [0.1, 0.15) is 18.1 Å². The molecule has 4 nitrogen and oxygen atoms in total. The summed E-state index contributed by atoms with van der Waals surface area (Å²) in [5.41, 5.74) is 2.35. The Hall–Kier alpha value is -1.85. The molecule has 0 aliphatic heterocycles. The summed E-state index contributed by atoms with van der Waals surface area (Å²) in [4.78, 5) is 0. The molecule has 2 aromatic carbocycles. The predicted octanol–water partition coefficient (Wildman–Crippen LogP) is 2.74. The normalized spacial score (nSPS) is 11.3. The highest BCUT2D eigenvalue weighted by Crippen LogP contribution is 2.18. The van der Waals surface area contributed by atoms with Crippen molar-refractivity contribution in [1.82, 2.24) is 5.32 Å². The molecule has 0 amide bonds. The van der Waals surface area contributed by atoms with Crippen LogP contribution >= 0.6 is 0 Å². The summed E-state index contributed by atoms with van der Waals surface area (Å²) >= 11 is 0. The van der Waals surface area contributed by atoms with Gasteiger partial charge in [0.2, 0.25) is 10.0 Å². The van der Waals surface area contributed by atoms with Gasteiger partial charge in [-0.2, -0.15) is 0 Å². The van der Waals surface area contributed by atoms with Crippen LogP contribution in [0.4, 0.5) is 5.69 Å². The average Bonchev–Trinajstić information content (AvgIpc) is 2.46. The van der Waals surface area contributed by atoms with E-state index in [-0.39, 0.29) is 5.75 Å². The van der Waals surface area contributed by atoms with Gasteiger partial charge >= 0.3 is 0 Å². The van der Waals surface area contributed by atoms with Gasteiger partial charge in [-0.05, 0) is 23.7 Å². The van der Waals surface area contributed by atoms with Crippen LogP contribution in [0.2, 0.25) is 0 Å². The molecule has 2 aromatic rings. The number of nitrogens with one attached hydrogen (secondary N) is 2. The molecule has 0 bridgehead atoms. The van der Waals surface area contributed by atoms with Crippen LogP contribution in [-0.4, -0.2) is 15.0 Å². The van der Waals surface area contributed by atoms with Gasteiger partial charge in [0.05, 0.1) is 11.4 Å². The van der Waals surface area contributed by atoms with Crippen molar-refractivity contribution >= 4 is 15.7 Å². The minimum absolute atomic E-state index is 0.0244. The second-order valence-electron chi connectivity index (χ2n) is 4.78. The molecule has 0 saturated carbocycles. The van der Waals surface area contributed by atoms with E-state index in [4.69, 9.17) is 0 Å². The molecule has 0 fully saturated rings. The summed E-state index contributed by atoms with van der Waals surface area (Å²) in [6.45, 7) is 3.49. The number of anilines is 1. The molecule has 0 spiro atoms. The molecule has 0 aliphatic rings. The molecule has 0 heterocycles. The zero-order valence-electron chi connectivity index (χ0n) is 12.0. The summed E-state index contributed by atoms with van der Waals surface area (Å²) in [6.07, 6.45) is 0. The van der Waals surface area contributed by atoms with Crippen molar-refractivity contribution in [3.05, 3.63) is 65.7 Å². The van der Waals surface area contributed by atoms with Gasteiger partial charge in [0, 0.05) is 6.54 Å². The van der Waals surface area contributed by atoms with Crippen LogP contribution in [0.3, 0.4) is 0 Å². The molecule has 0 atom stereocenters. The Balaban J connectivity index is 2.13. The maximum Gasteiger partial charge on any atom is 0.236 e. The van der Waals surface area contributed by atoms with Gasteiger partial charge in [-0.3, -0.25) is 4.72 Å². The van der Waals surface area contributed by atoms with Gasteiger partial charge in [-0.15, -0.1) is 0 Å². The second-order valence-corrected chi connectivity index (χ2v) is 6.51. The molecule has 0 aliphatic carbocycles. The molecule has 112 valence electrons. The van der Waals surface area contributed by atoms with Gasteiger partial charge in [-0.25, -0.2) is 8.42 Å². The first-order chi connectivity index (χ1) is 10.1. The fraction of sp³-hybridized carbons (Fsp3) is 0.250. The van der Waals surface area contributed by atoms with Crippen molar-refractivity contribution in [1.29, 1.82) is 0 Å². The highest BCUT2D eigenvalue weighted by atomic mass is 32.2. The van der Waals surface area contributed by atoms with E-state index in [2.05, 4.69) is 10.0 Å². The molecular weight excluding hydrogens is 284 g/mol. The third kappa shape index (κ3) is 4.88. The van der Waals surface area contributed by atoms with E-state index in [9.17, 15) is 8.42 Å². The number of benzene rings is 2. The maximum absolute atomic E-state index is 12.3. The van der Waals surface area contributed by atoms with Crippen LogP contribution in [0.5, 0.6) is 0 Å². The van der Waals surface area contributed by atoms with E-state index in [1.807, 2.05) is 55.5 Å². The van der Waals surface area contributed by atoms with Gasteiger partial charge in [0.25, 0.3) is 0 Å². The van der Waals surface area contributed by atoms with Gasteiger partial charge < -0.3 is 5.32 Å². The zero-order chi connectivity index (χ0) is 15.1. The van der Waals surface area contributed by atoms with Crippen molar-refractivity contribution < 1.29 is 8.42 Å². The standard InChI is InChI=1S/C16H20N2O2S/c1-2-17-12-15-10-6-7-11-16(15)18-21(19,20)13-14-8-4-3-5-9-14/h3-11,17-18H,2,12-13H2,1H3. The fourth-order valence-electron chi connectivity index (χ4n) is 2.03. The molecule has 2 rings (SSSR count). The predicted molar refractivity (Wildman–Crippen MR) is 86.5 cm³/mol. The third-order valence-electron chi connectivity index (χ3n) is 3.05. The van der Waals surface area contributed by atoms with Gasteiger partial charge in [0.1, 0.15) is 0 Å². The van der Waals surface area contributed by atoms with Crippen LogP contribution in [0.25, 0.3) is 0 Å². The summed E-state index contributed by atoms with van der Waals surface area (Å²) < 4.78 is 27.2. The molecule has 0 aromatic heterocycles.